The summed E-state index contributed by atoms with van der Waals surface area (Å²) in [6, 6.07) is 1.66. The fraction of sp³-hybridized carbons (Fsp3) is 0.375. The zero-order valence-electron chi connectivity index (χ0n) is 12.7. The third-order valence-electron chi connectivity index (χ3n) is 4.18. The highest BCUT2D eigenvalue weighted by molar-refractivity contribution is 6.03. The fourth-order valence-corrected chi connectivity index (χ4v) is 2.89. The van der Waals surface area contributed by atoms with Crippen molar-refractivity contribution < 1.29 is 9.59 Å². The molecule has 1 unspecified atom stereocenters. The minimum Gasteiger partial charge on any atom is -0.325 e. The molecule has 0 bridgehead atoms. The van der Waals surface area contributed by atoms with Crippen molar-refractivity contribution in [3.05, 3.63) is 41.5 Å². The van der Waals surface area contributed by atoms with E-state index in [0.717, 1.165) is 18.5 Å². The van der Waals surface area contributed by atoms with Gasteiger partial charge in [0.25, 0.3) is 0 Å². The number of ketones is 1. The number of rotatable bonds is 3. The first-order valence-electron chi connectivity index (χ1n) is 7.32. The number of amides is 1. The standard InChI is InChI=1S/C16H18N4O2/c1-10(21)13-9-17-6-5-14(13)19-16(22)11-3-4-12-8-18-20(2)15(12)7-11/h5-6,8-9,11H,3-4,7H2,1-2H3,(H,17,19,22). The summed E-state index contributed by atoms with van der Waals surface area (Å²) in [7, 11) is 1.90. The summed E-state index contributed by atoms with van der Waals surface area (Å²) in [5.74, 6) is -0.266. The second-order valence-corrected chi connectivity index (χ2v) is 5.65. The maximum atomic E-state index is 12.5. The van der Waals surface area contributed by atoms with E-state index in [1.165, 1.54) is 18.7 Å². The monoisotopic (exact) mass is 298 g/mol. The van der Waals surface area contributed by atoms with Crippen LogP contribution in [0.25, 0.3) is 0 Å². The third-order valence-corrected chi connectivity index (χ3v) is 4.18. The summed E-state index contributed by atoms with van der Waals surface area (Å²) in [4.78, 5) is 28.0. The number of carbonyl (C=O) groups excluding carboxylic acids is 2. The van der Waals surface area contributed by atoms with Gasteiger partial charge in [0.1, 0.15) is 0 Å². The van der Waals surface area contributed by atoms with Crippen LogP contribution in [-0.2, 0) is 24.7 Å². The number of hydrogen-bond donors (Lipinski definition) is 1. The van der Waals surface area contributed by atoms with Gasteiger partial charge in [-0.15, -0.1) is 0 Å². The molecule has 2 aromatic rings. The minimum absolute atomic E-state index is 0.0550. The average molecular weight is 298 g/mol. The molecule has 6 heteroatoms. The molecule has 0 spiro atoms. The second kappa shape index (κ2) is 5.71. The smallest absolute Gasteiger partial charge is 0.227 e. The normalized spacial score (nSPS) is 16.9. The van der Waals surface area contributed by atoms with Crippen LogP contribution in [0.15, 0.2) is 24.7 Å². The Balaban J connectivity index is 1.76. The SMILES string of the molecule is CC(=O)c1cnccc1NC(=O)C1CCc2cnn(C)c2C1. The molecule has 0 aliphatic heterocycles. The van der Waals surface area contributed by atoms with Crippen molar-refractivity contribution >= 4 is 17.4 Å². The molecule has 1 aliphatic carbocycles. The molecule has 6 nitrogen and oxygen atoms in total. The van der Waals surface area contributed by atoms with Gasteiger partial charge in [-0.1, -0.05) is 0 Å². The second-order valence-electron chi connectivity index (χ2n) is 5.65. The lowest BCUT2D eigenvalue weighted by atomic mass is 9.87. The van der Waals surface area contributed by atoms with Crippen molar-refractivity contribution in [2.24, 2.45) is 13.0 Å². The van der Waals surface area contributed by atoms with Crippen molar-refractivity contribution in [3.8, 4) is 0 Å². The average Bonchev–Trinajstić information content (AvgIpc) is 2.88. The summed E-state index contributed by atoms with van der Waals surface area (Å²) in [6.45, 7) is 1.47. The van der Waals surface area contributed by atoms with E-state index < -0.39 is 0 Å². The number of aryl methyl sites for hydroxylation is 2. The Morgan fingerprint density at radius 2 is 2.18 bits per heavy atom. The Kier molecular flexibility index (Phi) is 3.75. The van der Waals surface area contributed by atoms with Crippen LogP contribution < -0.4 is 5.32 Å². The number of nitrogens with zero attached hydrogens (tertiary/aromatic N) is 3. The zero-order chi connectivity index (χ0) is 15.7. The lowest BCUT2D eigenvalue weighted by Crippen LogP contribution is -2.29. The number of hydrogen-bond acceptors (Lipinski definition) is 4. The van der Waals surface area contributed by atoms with Gasteiger partial charge in [-0.3, -0.25) is 19.3 Å². The highest BCUT2D eigenvalue weighted by Crippen LogP contribution is 2.26. The number of fused-ring (bicyclic) bond motifs is 1. The molecule has 1 amide bonds. The Bertz CT molecular complexity index is 735. The summed E-state index contributed by atoms with van der Waals surface area (Å²) in [5, 5.41) is 7.12. The maximum absolute atomic E-state index is 12.5. The molecule has 114 valence electrons. The molecule has 0 fully saturated rings. The van der Waals surface area contributed by atoms with Gasteiger partial charge in [0, 0.05) is 37.5 Å². The van der Waals surface area contributed by atoms with E-state index in [1.54, 1.807) is 12.3 Å². The first kappa shape index (κ1) is 14.4. The van der Waals surface area contributed by atoms with Crippen LogP contribution >= 0.6 is 0 Å². The van der Waals surface area contributed by atoms with Crippen molar-refractivity contribution in [2.75, 3.05) is 5.32 Å². The van der Waals surface area contributed by atoms with Crippen LogP contribution in [0.2, 0.25) is 0 Å². The summed E-state index contributed by atoms with van der Waals surface area (Å²) in [5.41, 5.74) is 3.31. The lowest BCUT2D eigenvalue weighted by molar-refractivity contribution is -0.120. The third kappa shape index (κ3) is 2.64. The number of Topliss-reactive ketones (excluding diaryl/α,β-unsaturated/α-hetero) is 1. The molecule has 1 N–H and O–H groups in total. The molecule has 3 rings (SSSR count). The molecule has 0 saturated heterocycles. The van der Waals surface area contributed by atoms with E-state index in [0.29, 0.717) is 17.7 Å². The number of anilines is 1. The Hall–Kier alpha value is -2.50. The Morgan fingerprint density at radius 3 is 2.95 bits per heavy atom. The molecule has 0 aromatic carbocycles. The summed E-state index contributed by atoms with van der Waals surface area (Å²) >= 11 is 0. The topological polar surface area (TPSA) is 76.9 Å². The first-order valence-corrected chi connectivity index (χ1v) is 7.32. The van der Waals surface area contributed by atoms with Crippen LogP contribution in [0.4, 0.5) is 5.69 Å². The largest absolute Gasteiger partial charge is 0.325 e. The minimum atomic E-state index is -0.110. The van der Waals surface area contributed by atoms with Gasteiger partial charge in [0.05, 0.1) is 17.4 Å². The molecule has 0 saturated carbocycles. The van der Waals surface area contributed by atoms with Gasteiger partial charge >= 0.3 is 0 Å². The number of nitrogens with one attached hydrogen (secondary N) is 1. The molecule has 22 heavy (non-hydrogen) atoms. The van der Waals surface area contributed by atoms with E-state index >= 15 is 0 Å². The zero-order valence-corrected chi connectivity index (χ0v) is 12.7. The van der Waals surface area contributed by atoms with Crippen LogP contribution in [0, 0.1) is 5.92 Å². The van der Waals surface area contributed by atoms with Crippen LogP contribution in [0.5, 0.6) is 0 Å². The Morgan fingerprint density at radius 1 is 1.36 bits per heavy atom. The fourth-order valence-electron chi connectivity index (χ4n) is 2.89. The molecular formula is C16H18N4O2. The van der Waals surface area contributed by atoms with E-state index in [-0.39, 0.29) is 17.6 Å². The van der Waals surface area contributed by atoms with Crippen LogP contribution in [0.3, 0.4) is 0 Å². The molecule has 2 heterocycles. The molecule has 1 aliphatic rings. The van der Waals surface area contributed by atoms with E-state index in [2.05, 4.69) is 15.4 Å². The van der Waals surface area contributed by atoms with Gasteiger partial charge in [0.15, 0.2) is 5.78 Å². The van der Waals surface area contributed by atoms with Gasteiger partial charge in [-0.25, -0.2) is 0 Å². The van der Waals surface area contributed by atoms with Crippen LogP contribution in [-0.4, -0.2) is 26.5 Å². The summed E-state index contributed by atoms with van der Waals surface area (Å²) < 4.78 is 1.84. The number of pyridine rings is 1. The summed E-state index contributed by atoms with van der Waals surface area (Å²) in [6.07, 6.45) is 7.26. The first-order chi connectivity index (χ1) is 10.6. The Labute approximate surface area is 128 Å². The number of aromatic nitrogens is 3. The van der Waals surface area contributed by atoms with Crippen molar-refractivity contribution in [1.82, 2.24) is 14.8 Å². The predicted molar refractivity (Wildman–Crippen MR) is 81.6 cm³/mol. The van der Waals surface area contributed by atoms with Gasteiger partial charge < -0.3 is 5.32 Å². The highest BCUT2D eigenvalue weighted by atomic mass is 16.2. The van der Waals surface area contributed by atoms with Crippen LogP contribution in [0.1, 0.15) is 35.0 Å². The van der Waals surface area contributed by atoms with E-state index in [9.17, 15) is 9.59 Å². The van der Waals surface area contributed by atoms with E-state index in [1.807, 2.05) is 17.9 Å². The number of carbonyl (C=O) groups is 2. The molecular weight excluding hydrogens is 280 g/mol. The quantitative estimate of drug-likeness (QED) is 0.876. The van der Waals surface area contributed by atoms with Gasteiger partial charge in [-0.2, -0.15) is 5.10 Å². The molecule has 0 radical (unpaired) electrons. The molecule has 1 atom stereocenters. The van der Waals surface area contributed by atoms with Gasteiger partial charge in [-0.05, 0) is 31.4 Å². The van der Waals surface area contributed by atoms with Crippen molar-refractivity contribution in [2.45, 2.75) is 26.2 Å². The highest BCUT2D eigenvalue weighted by Gasteiger charge is 2.27. The maximum Gasteiger partial charge on any atom is 0.227 e. The lowest BCUT2D eigenvalue weighted by Gasteiger charge is -2.22. The van der Waals surface area contributed by atoms with Crippen molar-refractivity contribution in [1.29, 1.82) is 0 Å². The van der Waals surface area contributed by atoms with Crippen molar-refractivity contribution in [3.63, 3.8) is 0 Å². The van der Waals surface area contributed by atoms with Gasteiger partial charge in [0.2, 0.25) is 5.91 Å². The predicted octanol–water partition coefficient (Wildman–Crippen LogP) is 1.76. The van der Waals surface area contributed by atoms with E-state index in [4.69, 9.17) is 0 Å². The molecule has 2 aromatic heterocycles.